The smallest absolute Gasteiger partial charge is 0.232 e. The molecule has 3 rings (SSSR count). The number of nitrogens with two attached hydrogens (primary N) is 1. The van der Waals surface area contributed by atoms with Gasteiger partial charge in [0.05, 0.1) is 6.54 Å². The fraction of sp³-hybridized carbons (Fsp3) is 0.250. The van der Waals surface area contributed by atoms with Gasteiger partial charge in [-0.2, -0.15) is 15.0 Å². The first kappa shape index (κ1) is 17.8. The van der Waals surface area contributed by atoms with Gasteiger partial charge in [0.1, 0.15) is 5.82 Å². The number of nitrogens with zero attached hydrogens (tertiary/aromatic N) is 4. The fourth-order valence-electron chi connectivity index (χ4n) is 2.70. The summed E-state index contributed by atoms with van der Waals surface area (Å²) in [4.78, 5) is 15.1. The maximum absolute atomic E-state index is 5.88. The van der Waals surface area contributed by atoms with Crippen LogP contribution in [0.1, 0.15) is 22.5 Å². The van der Waals surface area contributed by atoms with E-state index in [9.17, 15) is 0 Å². The molecule has 6 nitrogen and oxygen atoms in total. The largest absolute Gasteiger partial charge is 0.368 e. The van der Waals surface area contributed by atoms with Crippen LogP contribution in [0.4, 0.5) is 17.6 Å². The molecule has 1 heterocycles. The van der Waals surface area contributed by atoms with Crippen molar-refractivity contribution in [2.24, 2.45) is 0 Å². The number of anilines is 3. The van der Waals surface area contributed by atoms with Crippen LogP contribution in [0.5, 0.6) is 0 Å². The van der Waals surface area contributed by atoms with Gasteiger partial charge in [0.25, 0.3) is 0 Å². The molecule has 1 aromatic heterocycles. The van der Waals surface area contributed by atoms with E-state index in [1.165, 1.54) is 11.1 Å². The number of aryl methyl sites for hydroxylation is 2. The van der Waals surface area contributed by atoms with Gasteiger partial charge in [-0.3, -0.25) is 4.90 Å². The number of nitrogens with one attached hydrogen (secondary N) is 1. The first-order valence-corrected chi connectivity index (χ1v) is 8.57. The second-order valence-electron chi connectivity index (χ2n) is 6.53. The first-order chi connectivity index (χ1) is 12.5. The number of rotatable bonds is 6. The molecule has 0 unspecified atom stereocenters. The van der Waals surface area contributed by atoms with Gasteiger partial charge in [-0.15, -0.1) is 0 Å². The molecular formula is C20H24N6. The minimum atomic E-state index is 0.217. The van der Waals surface area contributed by atoms with Gasteiger partial charge in [0.2, 0.25) is 11.9 Å². The number of benzene rings is 2. The lowest BCUT2D eigenvalue weighted by Gasteiger charge is -2.16. The Morgan fingerprint density at radius 3 is 2.38 bits per heavy atom. The molecule has 134 valence electrons. The summed E-state index contributed by atoms with van der Waals surface area (Å²) in [6.07, 6.45) is 0. The fourth-order valence-corrected chi connectivity index (χ4v) is 2.70. The van der Waals surface area contributed by atoms with Crippen molar-refractivity contribution in [2.45, 2.75) is 26.9 Å². The Morgan fingerprint density at radius 1 is 0.923 bits per heavy atom. The molecule has 6 heteroatoms. The molecule has 0 aliphatic carbocycles. The Bertz CT molecular complexity index is 876. The quantitative estimate of drug-likeness (QED) is 0.710. The van der Waals surface area contributed by atoms with E-state index < -0.39 is 0 Å². The van der Waals surface area contributed by atoms with Crippen molar-refractivity contribution < 1.29 is 0 Å². The first-order valence-electron chi connectivity index (χ1n) is 8.57. The SMILES string of the molecule is Cc1ccc(CN(C)Cc2nc(N)nc(Nc3ccccc3C)n2)cc1. The van der Waals surface area contributed by atoms with E-state index >= 15 is 0 Å². The maximum atomic E-state index is 5.88. The molecule has 3 aromatic rings. The van der Waals surface area contributed by atoms with Gasteiger partial charge in [-0.1, -0.05) is 48.0 Å². The second kappa shape index (κ2) is 7.93. The lowest BCUT2D eigenvalue weighted by molar-refractivity contribution is 0.310. The van der Waals surface area contributed by atoms with Crippen LogP contribution in [0.3, 0.4) is 0 Å². The van der Waals surface area contributed by atoms with Crippen molar-refractivity contribution in [3.63, 3.8) is 0 Å². The molecule has 0 radical (unpaired) electrons. The Kier molecular flexibility index (Phi) is 5.43. The van der Waals surface area contributed by atoms with E-state index in [0.29, 0.717) is 18.3 Å². The molecular weight excluding hydrogens is 324 g/mol. The van der Waals surface area contributed by atoms with Crippen molar-refractivity contribution in [3.8, 4) is 0 Å². The van der Waals surface area contributed by atoms with Crippen LogP contribution in [0.2, 0.25) is 0 Å². The number of hydrogen-bond acceptors (Lipinski definition) is 6. The van der Waals surface area contributed by atoms with Gasteiger partial charge in [-0.05, 0) is 38.1 Å². The van der Waals surface area contributed by atoms with Crippen molar-refractivity contribution in [1.82, 2.24) is 19.9 Å². The molecule has 0 aliphatic heterocycles. The summed E-state index contributed by atoms with van der Waals surface area (Å²) in [6, 6.07) is 16.5. The predicted octanol–water partition coefficient (Wildman–Crippen LogP) is 3.45. The highest BCUT2D eigenvalue weighted by Crippen LogP contribution is 2.18. The third kappa shape index (κ3) is 4.77. The summed E-state index contributed by atoms with van der Waals surface area (Å²) in [5.74, 6) is 1.32. The Morgan fingerprint density at radius 2 is 1.65 bits per heavy atom. The summed E-state index contributed by atoms with van der Waals surface area (Å²) < 4.78 is 0. The van der Waals surface area contributed by atoms with E-state index in [2.05, 4.69) is 56.4 Å². The highest BCUT2D eigenvalue weighted by molar-refractivity contribution is 5.58. The Labute approximate surface area is 154 Å². The van der Waals surface area contributed by atoms with Crippen LogP contribution < -0.4 is 11.1 Å². The molecule has 0 atom stereocenters. The summed E-state index contributed by atoms with van der Waals surface area (Å²) >= 11 is 0. The van der Waals surface area contributed by atoms with Gasteiger partial charge < -0.3 is 11.1 Å². The van der Waals surface area contributed by atoms with Crippen LogP contribution in [-0.2, 0) is 13.1 Å². The lowest BCUT2D eigenvalue weighted by Crippen LogP contribution is -2.20. The van der Waals surface area contributed by atoms with Crippen LogP contribution in [0, 0.1) is 13.8 Å². The van der Waals surface area contributed by atoms with E-state index in [1.807, 2.05) is 38.2 Å². The zero-order valence-electron chi connectivity index (χ0n) is 15.4. The molecule has 2 aromatic carbocycles. The molecule has 0 fully saturated rings. The highest BCUT2D eigenvalue weighted by atomic mass is 15.2. The molecule has 0 bridgehead atoms. The summed E-state index contributed by atoms with van der Waals surface area (Å²) in [7, 11) is 2.04. The molecule has 0 saturated heterocycles. The van der Waals surface area contributed by atoms with Gasteiger partial charge in [0.15, 0.2) is 0 Å². The molecule has 0 spiro atoms. The van der Waals surface area contributed by atoms with Gasteiger partial charge >= 0.3 is 0 Å². The second-order valence-corrected chi connectivity index (χ2v) is 6.53. The Hall–Kier alpha value is -2.99. The van der Waals surface area contributed by atoms with E-state index in [4.69, 9.17) is 5.73 Å². The third-order valence-electron chi connectivity index (χ3n) is 4.07. The van der Waals surface area contributed by atoms with Gasteiger partial charge in [0, 0.05) is 12.2 Å². The van der Waals surface area contributed by atoms with Crippen molar-refractivity contribution in [1.29, 1.82) is 0 Å². The van der Waals surface area contributed by atoms with Crippen LogP contribution in [0.15, 0.2) is 48.5 Å². The summed E-state index contributed by atoms with van der Waals surface area (Å²) in [6.45, 7) is 5.52. The predicted molar refractivity (Wildman–Crippen MR) is 105 cm³/mol. The van der Waals surface area contributed by atoms with E-state index in [1.54, 1.807) is 0 Å². The monoisotopic (exact) mass is 348 g/mol. The Balaban J connectivity index is 1.70. The molecule has 3 N–H and O–H groups in total. The number of nitrogen functional groups attached to an aromatic ring is 1. The van der Waals surface area contributed by atoms with Crippen molar-refractivity contribution in [2.75, 3.05) is 18.1 Å². The number of hydrogen-bond donors (Lipinski definition) is 2. The van der Waals surface area contributed by atoms with E-state index in [0.717, 1.165) is 17.8 Å². The molecule has 26 heavy (non-hydrogen) atoms. The van der Waals surface area contributed by atoms with Crippen molar-refractivity contribution >= 4 is 17.6 Å². The zero-order valence-corrected chi connectivity index (χ0v) is 15.4. The van der Waals surface area contributed by atoms with Crippen LogP contribution in [0.25, 0.3) is 0 Å². The third-order valence-corrected chi connectivity index (χ3v) is 4.07. The lowest BCUT2D eigenvalue weighted by atomic mass is 10.1. The molecule has 0 aliphatic rings. The molecule has 0 saturated carbocycles. The topological polar surface area (TPSA) is 80.0 Å². The van der Waals surface area contributed by atoms with Crippen molar-refractivity contribution in [3.05, 3.63) is 71.0 Å². The number of para-hydroxylation sites is 1. The summed E-state index contributed by atoms with van der Waals surface area (Å²) in [5.41, 5.74) is 10.5. The van der Waals surface area contributed by atoms with Crippen LogP contribution in [-0.4, -0.2) is 26.9 Å². The number of aromatic nitrogens is 3. The van der Waals surface area contributed by atoms with Crippen LogP contribution >= 0.6 is 0 Å². The zero-order chi connectivity index (χ0) is 18.5. The maximum Gasteiger partial charge on any atom is 0.232 e. The average Bonchev–Trinajstić information content (AvgIpc) is 2.58. The standard InChI is InChI=1S/C20H24N6/c1-14-8-10-16(11-9-14)12-26(3)13-18-23-19(21)25-20(24-18)22-17-7-5-4-6-15(17)2/h4-11H,12-13H2,1-3H3,(H3,21,22,23,24,25). The average molecular weight is 348 g/mol. The van der Waals surface area contributed by atoms with E-state index in [-0.39, 0.29) is 5.95 Å². The minimum absolute atomic E-state index is 0.217. The normalized spacial score (nSPS) is 10.9. The van der Waals surface area contributed by atoms with Gasteiger partial charge in [-0.25, -0.2) is 0 Å². The minimum Gasteiger partial charge on any atom is -0.368 e. The molecule has 0 amide bonds. The summed E-state index contributed by atoms with van der Waals surface area (Å²) in [5, 5.41) is 3.22. The highest BCUT2D eigenvalue weighted by Gasteiger charge is 2.09.